The molecule has 0 saturated carbocycles. The van der Waals surface area contributed by atoms with Crippen molar-refractivity contribution in [2.75, 3.05) is 0 Å². The van der Waals surface area contributed by atoms with Crippen molar-refractivity contribution in [3.63, 3.8) is 0 Å². The van der Waals surface area contributed by atoms with Gasteiger partial charge in [-0.25, -0.2) is 0 Å². The zero-order valence-electron chi connectivity index (χ0n) is 6.73. The lowest BCUT2D eigenvalue weighted by Crippen LogP contribution is -2.32. The molecule has 0 unspecified atom stereocenters. The molecule has 0 spiro atoms. The molecule has 0 aliphatic heterocycles. The first-order valence-corrected chi connectivity index (χ1v) is 3.87. The summed E-state index contributed by atoms with van der Waals surface area (Å²) in [6.45, 7) is 3.80. The normalized spacial score (nSPS) is 20.0. The van der Waals surface area contributed by atoms with Crippen molar-refractivity contribution in [3.05, 3.63) is 49.0 Å². The lowest BCUT2D eigenvalue weighted by Gasteiger charge is -1.94. The average Bonchev–Trinajstić information content (AvgIpc) is 2.53. The second kappa shape index (κ2) is 2.81. The van der Waals surface area contributed by atoms with E-state index in [9.17, 15) is 0 Å². The molecule has 1 aromatic rings. The second-order valence-corrected chi connectivity index (χ2v) is 2.69. The first-order valence-electron chi connectivity index (χ1n) is 3.87. The molecule has 1 heterocycles. The van der Waals surface area contributed by atoms with Gasteiger partial charge in [-0.3, -0.25) is 0 Å². The van der Waals surface area contributed by atoms with E-state index in [2.05, 4.69) is 12.8 Å². The Morgan fingerprint density at radius 2 is 2.33 bits per heavy atom. The van der Waals surface area contributed by atoms with Gasteiger partial charge >= 0.3 is 5.55 Å². The summed E-state index contributed by atoms with van der Waals surface area (Å²) < 4.78 is 7.02. The zero-order chi connectivity index (χ0) is 8.39. The van der Waals surface area contributed by atoms with Crippen LogP contribution in [0.2, 0.25) is 0 Å². The molecule has 0 bridgehead atoms. The van der Waals surface area contributed by atoms with Gasteiger partial charge in [0.1, 0.15) is 6.72 Å². The Labute approximate surface area is 70.5 Å². The van der Waals surface area contributed by atoms with Crippen molar-refractivity contribution < 1.29 is 8.66 Å². The van der Waals surface area contributed by atoms with E-state index in [4.69, 9.17) is 4.42 Å². The molecule has 60 valence electrons. The van der Waals surface area contributed by atoms with Crippen molar-refractivity contribution in [2.24, 2.45) is 0 Å². The summed E-state index contributed by atoms with van der Waals surface area (Å²) in [4.78, 5) is 0. The van der Waals surface area contributed by atoms with E-state index in [0.717, 1.165) is 17.5 Å². The van der Waals surface area contributed by atoms with Gasteiger partial charge in [-0.05, 0) is 6.08 Å². The summed E-state index contributed by atoms with van der Waals surface area (Å²) in [6, 6.07) is 0. The van der Waals surface area contributed by atoms with Gasteiger partial charge in [0.2, 0.25) is 6.20 Å². The summed E-state index contributed by atoms with van der Waals surface area (Å²) in [7, 11) is 0. The molecular formula is C10H10NO+. The molecule has 0 atom stereocenters. The third-order valence-corrected chi connectivity index (χ3v) is 1.84. The highest BCUT2D eigenvalue weighted by Gasteiger charge is 2.04. The Morgan fingerprint density at radius 1 is 1.42 bits per heavy atom. The predicted molar refractivity (Wildman–Crippen MR) is 45.6 cm³/mol. The third kappa shape index (κ3) is 1.11. The molecule has 2 rings (SSSR count). The molecule has 2 nitrogen and oxygen atoms in total. The summed E-state index contributed by atoms with van der Waals surface area (Å²) in [6.07, 6.45) is 12.5. The highest BCUT2D eigenvalue weighted by atomic mass is 16.3. The summed E-state index contributed by atoms with van der Waals surface area (Å²) in [5.74, 6) is 0. The van der Waals surface area contributed by atoms with E-state index in [1.165, 1.54) is 0 Å². The van der Waals surface area contributed by atoms with Crippen LogP contribution in [0.25, 0.3) is 5.57 Å². The topological polar surface area (TPSA) is 19.0 Å². The predicted octanol–water partition coefficient (Wildman–Crippen LogP) is 0.874. The number of aromatic nitrogens is 1. The van der Waals surface area contributed by atoms with E-state index in [1.807, 2.05) is 18.2 Å². The minimum atomic E-state index is 0.829. The zero-order valence-corrected chi connectivity index (χ0v) is 6.73. The van der Waals surface area contributed by atoms with Crippen LogP contribution in [0.15, 0.2) is 41.2 Å². The third-order valence-electron chi connectivity index (χ3n) is 1.84. The van der Waals surface area contributed by atoms with Gasteiger partial charge in [0, 0.05) is 6.42 Å². The minimum absolute atomic E-state index is 0.829. The largest absolute Gasteiger partial charge is 0.406 e. The molecule has 12 heavy (non-hydrogen) atoms. The van der Waals surface area contributed by atoms with Gasteiger partial charge in [-0.1, -0.05) is 18.2 Å². The molecule has 0 saturated heterocycles. The Hall–Kier alpha value is -1.57. The fourth-order valence-corrected chi connectivity index (χ4v) is 1.24. The van der Waals surface area contributed by atoms with Crippen molar-refractivity contribution >= 4 is 5.57 Å². The summed E-state index contributed by atoms with van der Waals surface area (Å²) >= 11 is 0. The van der Waals surface area contributed by atoms with Crippen LogP contribution in [0.1, 0.15) is 6.42 Å². The molecule has 0 fully saturated rings. The van der Waals surface area contributed by atoms with Crippen molar-refractivity contribution in [3.8, 4) is 0 Å². The quantitative estimate of drug-likeness (QED) is 0.515. The Kier molecular flexibility index (Phi) is 1.67. The molecule has 0 radical (unpaired) electrons. The number of nitrogens with zero attached hydrogens (tertiary/aromatic N) is 1. The van der Waals surface area contributed by atoms with Gasteiger partial charge in [-0.15, -0.1) is 4.24 Å². The lowest BCUT2D eigenvalue weighted by molar-refractivity contribution is -0.520. The van der Waals surface area contributed by atoms with E-state index >= 15 is 0 Å². The van der Waals surface area contributed by atoms with Crippen LogP contribution in [0.3, 0.4) is 0 Å². The van der Waals surface area contributed by atoms with Crippen LogP contribution < -0.4 is 9.79 Å². The Bertz CT molecular complexity index is 437. The van der Waals surface area contributed by atoms with Crippen LogP contribution in [0.4, 0.5) is 0 Å². The van der Waals surface area contributed by atoms with Crippen LogP contribution in [0.5, 0.6) is 0 Å². The number of oxazole rings is 1. The number of hydrogen-bond acceptors (Lipinski definition) is 1. The first-order chi connectivity index (χ1) is 5.88. The smallest absolute Gasteiger partial charge is 0.381 e. The van der Waals surface area contributed by atoms with E-state index in [-0.39, 0.29) is 0 Å². The SMILES string of the molecule is C=[n+]1cco/c1=C1/C=CC=CC1. The molecule has 0 amide bonds. The Morgan fingerprint density at radius 3 is 2.92 bits per heavy atom. The van der Waals surface area contributed by atoms with Crippen molar-refractivity contribution in [1.29, 1.82) is 0 Å². The standard InChI is InChI=1S/C10H10NO/c1-11-7-8-12-10(11)9-5-3-2-4-6-9/h2-5,7-8H,1,6H2/q+1/b10-9-. The highest BCUT2D eigenvalue weighted by Crippen LogP contribution is 2.07. The molecular weight excluding hydrogens is 150 g/mol. The average molecular weight is 160 g/mol. The fraction of sp³-hybridized carbons (Fsp3) is 0.100. The molecule has 1 aromatic heterocycles. The van der Waals surface area contributed by atoms with Gasteiger partial charge in [0.05, 0.1) is 5.57 Å². The molecule has 1 aliphatic carbocycles. The highest BCUT2D eigenvalue weighted by molar-refractivity contribution is 5.57. The van der Waals surface area contributed by atoms with E-state index in [1.54, 1.807) is 16.7 Å². The van der Waals surface area contributed by atoms with E-state index < -0.39 is 0 Å². The molecule has 1 aliphatic rings. The maximum Gasteiger partial charge on any atom is 0.381 e. The lowest BCUT2D eigenvalue weighted by atomic mass is 10.1. The minimum Gasteiger partial charge on any atom is -0.406 e. The van der Waals surface area contributed by atoms with Gasteiger partial charge in [0.15, 0.2) is 6.26 Å². The van der Waals surface area contributed by atoms with Crippen LogP contribution in [-0.4, -0.2) is 0 Å². The maximum atomic E-state index is 5.28. The Balaban J connectivity index is 2.66. The van der Waals surface area contributed by atoms with Crippen LogP contribution in [-0.2, 0) is 0 Å². The fourth-order valence-electron chi connectivity index (χ4n) is 1.24. The van der Waals surface area contributed by atoms with Crippen LogP contribution in [0, 0.1) is 6.72 Å². The summed E-state index contributed by atoms with van der Waals surface area (Å²) in [5.41, 5.74) is 1.99. The number of hydrogen-bond donors (Lipinski definition) is 0. The van der Waals surface area contributed by atoms with Gasteiger partial charge < -0.3 is 4.42 Å². The maximum absolute atomic E-state index is 5.28. The molecule has 0 aromatic carbocycles. The second-order valence-electron chi connectivity index (χ2n) is 2.69. The van der Waals surface area contributed by atoms with E-state index in [0.29, 0.717) is 0 Å². The number of rotatable bonds is 0. The van der Waals surface area contributed by atoms with Crippen molar-refractivity contribution in [2.45, 2.75) is 6.42 Å². The monoisotopic (exact) mass is 160 g/mol. The van der Waals surface area contributed by atoms with Crippen LogP contribution >= 0.6 is 0 Å². The van der Waals surface area contributed by atoms with Gasteiger partial charge in [0.25, 0.3) is 0 Å². The molecule has 2 heteroatoms. The first kappa shape index (κ1) is 7.10. The number of allylic oxidation sites excluding steroid dienone is 4. The van der Waals surface area contributed by atoms with Gasteiger partial charge in [-0.2, -0.15) is 0 Å². The molecule has 0 N–H and O–H groups in total. The van der Waals surface area contributed by atoms with Crippen molar-refractivity contribution in [1.82, 2.24) is 0 Å². The summed E-state index contributed by atoms with van der Waals surface area (Å²) in [5, 5.41) is 0.